The molecule has 0 aliphatic rings. The van der Waals surface area contributed by atoms with Crippen LogP contribution in [0.4, 0.5) is 0 Å². The van der Waals surface area contributed by atoms with Gasteiger partial charge in [0.1, 0.15) is 0 Å². The molecule has 0 aliphatic heterocycles. The third-order valence-corrected chi connectivity index (χ3v) is 17.0. The van der Waals surface area contributed by atoms with Gasteiger partial charge in [-0.25, -0.2) is 0 Å². The molecule has 0 amide bonds. The first kappa shape index (κ1) is 12.6. The zero-order valence-corrected chi connectivity index (χ0v) is 11.6. The van der Waals surface area contributed by atoms with Gasteiger partial charge in [0.05, 0.1) is 0 Å². The summed E-state index contributed by atoms with van der Waals surface area (Å²) >= 11 is -2.13. The quantitative estimate of drug-likeness (QED) is 0.423. The molecular weight excluding hydrogens is 210 g/mol. The van der Waals surface area contributed by atoms with Crippen molar-refractivity contribution in [2.75, 3.05) is 0 Å². The van der Waals surface area contributed by atoms with E-state index in [4.69, 9.17) is 0 Å². The predicted octanol–water partition coefficient (Wildman–Crippen LogP) is 4.56. The third-order valence-electron chi connectivity index (χ3n) is 3.27. The van der Waals surface area contributed by atoms with Gasteiger partial charge < -0.3 is 0 Å². The van der Waals surface area contributed by atoms with E-state index in [2.05, 4.69) is 50.6 Å². The Labute approximate surface area is 85.6 Å². The summed E-state index contributed by atoms with van der Waals surface area (Å²) in [5.74, 6) is 0. The van der Waals surface area contributed by atoms with Crippen molar-refractivity contribution in [2.45, 2.75) is 20.1 Å². The van der Waals surface area contributed by atoms with Crippen molar-refractivity contribution in [2.24, 2.45) is 0 Å². The molecule has 0 saturated carbocycles. The van der Waals surface area contributed by atoms with E-state index >= 15 is 0 Å². The van der Waals surface area contributed by atoms with Crippen molar-refractivity contribution in [1.82, 2.24) is 0 Å². The van der Waals surface area contributed by atoms with Gasteiger partial charge in [-0.1, -0.05) is 0 Å². The van der Waals surface area contributed by atoms with E-state index < -0.39 is 14.8 Å². The van der Waals surface area contributed by atoms with E-state index in [1.54, 1.807) is 0 Å². The van der Waals surface area contributed by atoms with E-state index in [0.717, 1.165) is 0 Å². The van der Waals surface area contributed by atoms with Crippen LogP contribution in [0.3, 0.4) is 0 Å². The maximum absolute atomic E-state index is 3.84. The van der Waals surface area contributed by atoms with Gasteiger partial charge in [-0.05, 0) is 0 Å². The van der Waals surface area contributed by atoms with E-state index in [9.17, 15) is 0 Å². The molecule has 0 spiro atoms. The normalized spacial score (nSPS) is 9.23. The Balaban J connectivity index is 4.53. The van der Waals surface area contributed by atoms with Gasteiger partial charge >= 0.3 is 85.5 Å². The Morgan fingerprint density at radius 3 is 1.00 bits per heavy atom. The first-order chi connectivity index (χ1) is 6.24. The van der Waals surface area contributed by atoms with Crippen LogP contribution in [-0.4, -0.2) is 0 Å². The Morgan fingerprint density at radius 1 is 0.615 bits per heavy atom. The van der Waals surface area contributed by atoms with Crippen LogP contribution in [-0.2, 0) is 14.8 Å². The number of hydrogen-bond acceptors (Lipinski definition) is 0. The van der Waals surface area contributed by atoms with Crippen LogP contribution in [0.15, 0.2) is 50.6 Å². The summed E-state index contributed by atoms with van der Waals surface area (Å²) in [7, 11) is 0. The standard InChI is InChI=1S/4C3H5.Zn/c4*1-3-2;/h4*3H,1-2H2;. The van der Waals surface area contributed by atoms with E-state index in [1.807, 2.05) is 0 Å². The topological polar surface area (TPSA) is 0 Å². The Bertz CT molecular complexity index is 146. The molecular formula is C12H20Zn. The molecule has 70 valence electrons. The third kappa shape index (κ3) is 4.38. The average molecular weight is 230 g/mol. The zero-order chi connectivity index (χ0) is 10.2. The summed E-state index contributed by atoms with van der Waals surface area (Å²) in [5, 5.41) is 4.86. The van der Waals surface area contributed by atoms with Crippen molar-refractivity contribution in [3.63, 3.8) is 0 Å². The van der Waals surface area contributed by atoms with Gasteiger partial charge in [0.15, 0.2) is 0 Å². The zero-order valence-electron chi connectivity index (χ0n) is 8.67. The molecule has 0 radical (unpaired) electrons. The molecule has 0 heterocycles. The van der Waals surface area contributed by atoms with Crippen LogP contribution >= 0.6 is 0 Å². The molecule has 0 rings (SSSR count). The Kier molecular flexibility index (Phi) is 6.81. The van der Waals surface area contributed by atoms with Gasteiger partial charge in [-0.3, -0.25) is 0 Å². The van der Waals surface area contributed by atoms with Crippen LogP contribution in [0.1, 0.15) is 0 Å². The number of rotatable bonds is 8. The van der Waals surface area contributed by atoms with Gasteiger partial charge in [-0.15, -0.1) is 0 Å². The van der Waals surface area contributed by atoms with Crippen LogP contribution in [0.2, 0.25) is 20.1 Å². The summed E-state index contributed by atoms with van der Waals surface area (Å²) in [6, 6.07) is 0. The van der Waals surface area contributed by atoms with Crippen LogP contribution in [0.25, 0.3) is 0 Å². The number of allylic oxidation sites excluding steroid dienone is 4. The van der Waals surface area contributed by atoms with Crippen LogP contribution in [0, 0.1) is 0 Å². The van der Waals surface area contributed by atoms with E-state index in [0.29, 0.717) is 0 Å². The van der Waals surface area contributed by atoms with Crippen molar-refractivity contribution in [3.8, 4) is 0 Å². The van der Waals surface area contributed by atoms with Crippen molar-refractivity contribution in [1.29, 1.82) is 0 Å². The fourth-order valence-electron chi connectivity index (χ4n) is 2.44. The minimum absolute atomic E-state index is 1.22. The molecule has 0 nitrogen and oxygen atoms in total. The molecule has 13 heavy (non-hydrogen) atoms. The summed E-state index contributed by atoms with van der Waals surface area (Å²) in [5.41, 5.74) is 0. The van der Waals surface area contributed by atoms with Gasteiger partial charge in [0.25, 0.3) is 0 Å². The Morgan fingerprint density at radius 2 is 0.846 bits per heavy atom. The molecule has 0 atom stereocenters. The average Bonchev–Trinajstić information content (AvgIpc) is 2.06. The maximum atomic E-state index is 3.84. The molecule has 0 unspecified atom stereocenters. The second kappa shape index (κ2) is 7.03. The van der Waals surface area contributed by atoms with Gasteiger partial charge in [-0.2, -0.15) is 0 Å². The molecule has 0 aromatic carbocycles. The monoisotopic (exact) mass is 228 g/mol. The molecule has 0 bridgehead atoms. The van der Waals surface area contributed by atoms with Crippen LogP contribution < -0.4 is 0 Å². The van der Waals surface area contributed by atoms with E-state index in [-0.39, 0.29) is 0 Å². The minimum atomic E-state index is -2.13. The van der Waals surface area contributed by atoms with Crippen molar-refractivity contribution < 1.29 is 14.8 Å². The summed E-state index contributed by atoms with van der Waals surface area (Å²) in [4.78, 5) is 0. The second-order valence-electron chi connectivity index (χ2n) is 4.43. The van der Waals surface area contributed by atoms with Gasteiger partial charge in [0, 0.05) is 0 Å². The second-order valence-corrected chi connectivity index (χ2v) is 18.2. The predicted molar refractivity (Wildman–Crippen MR) is 60.0 cm³/mol. The summed E-state index contributed by atoms with van der Waals surface area (Å²) in [6.07, 6.45) is 8.26. The molecule has 0 aromatic heterocycles. The molecule has 1 heteroatoms. The SMILES string of the molecule is C=C[CH2][Zn]([CH2]C=C)([CH2]C=C)[CH2]C=C. The summed E-state index contributed by atoms with van der Waals surface area (Å²) < 4.78 is 0. The fraction of sp³-hybridized carbons (Fsp3) is 0.333. The molecule has 0 N–H and O–H groups in total. The molecule has 0 aliphatic carbocycles. The molecule has 0 fully saturated rings. The molecule has 0 aromatic rings. The summed E-state index contributed by atoms with van der Waals surface area (Å²) in [6.45, 7) is 15.4. The van der Waals surface area contributed by atoms with Gasteiger partial charge in [0.2, 0.25) is 0 Å². The number of hydrogen-bond donors (Lipinski definition) is 0. The van der Waals surface area contributed by atoms with E-state index in [1.165, 1.54) is 20.1 Å². The first-order valence-corrected chi connectivity index (χ1v) is 13.7. The molecule has 0 saturated heterocycles. The fourth-order valence-corrected chi connectivity index (χ4v) is 12.7. The van der Waals surface area contributed by atoms with Crippen LogP contribution in [0.5, 0.6) is 0 Å². The first-order valence-electron chi connectivity index (χ1n) is 5.27. The Hall–Kier alpha value is -0.417. The van der Waals surface area contributed by atoms with Crippen molar-refractivity contribution >= 4 is 0 Å². The van der Waals surface area contributed by atoms with Crippen molar-refractivity contribution in [3.05, 3.63) is 50.6 Å².